The van der Waals surface area contributed by atoms with Gasteiger partial charge in [-0.2, -0.15) is 13.2 Å². The molecule has 0 saturated carbocycles. The Morgan fingerprint density at radius 2 is 1.72 bits per heavy atom. The lowest BCUT2D eigenvalue weighted by molar-refractivity contribution is -0.137. The molecule has 202 valence electrons. The van der Waals surface area contributed by atoms with E-state index in [1.165, 1.54) is 19.3 Å². The standard InChI is InChI=1S/C26H16Br2ClF3N2O5/c1-38-21-10-14(9-18(28)22(21)39-12-13-2-5-16(27)6-3-13)8-17-23(35)33-25(37)34(24(17)36)20-11-15(26(30,31)32)4-7-19(20)29/h2-11H,12H2,1H3,(H,33,35,37)/b17-8+. The van der Waals surface area contributed by atoms with Crippen LogP contribution in [0.25, 0.3) is 6.08 Å². The molecule has 1 aliphatic rings. The van der Waals surface area contributed by atoms with Crippen molar-refractivity contribution in [2.45, 2.75) is 12.8 Å². The number of methoxy groups -OCH3 is 1. The fourth-order valence-corrected chi connectivity index (χ4v) is 4.64. The Hall–Kier alpha value is -3.35. The second kappa shape index (κ2) is 11.4. The Morgan fingerprint density at radius 3 is 2.36 bits per heavy atom. The van der Waals surface area contributed by atoms with Crippen LogP contribution >= 0.6 is 43.5 Å². The van der Waals surface area contributed by atoms with Crippen LogP contribution in [0.15, 0.2) is 69.1 Å². The van der Waals surface area contributed by atoms with Crippen LogP contribution < -0.4 is 19.7 Å². The first-order valence-corrected chi connectivity index (χ1v) is 12.9. The molecule has 0 aliphatic carbocycles. The minimum atomic E-state index is -4.76. The lowest BCUT2D eigenvalue weighted by Crippen LogP contribution is -2.54. The highest BCUT2D eigenvalue weighted by Crippen LogP contribution is 2.39. The van der Waals surface area contributed by atoms with Crippen LogP contribution in [-0.4, -0.2) is 25.0 Å². The summed E-state index contributed by atoms with van der Waals surface area (Å²) >= 11 is 12.8. The molecule has 4 amide bonds. The van der Waals surface area contributed by atoms with E-state index >= 15 is 0 Å². The van der Waals surface area contributed by atoms with Crippen molar-refractivity contribution in [2.75, 3.05) is 12.0 Å². The van der Waals surface area contributed by atoms with Crippen LogP contribution in [0.5, 0.6) is 11.5 Å². The minimum Gasteiger partial charge on any atom is -0.493 e. The van der Waals surface area contributed by atoms with Gasteiger partial charge < -0.3 is 9.47 Å². The van der Waals surface area contributed by atoms with Crippen LogP contribution in [0.2, 0.25) is 5.02 Å². The monoisotopic (exact) mass is 686 g/mol. The molecule has 0 radical (unpaired) electrons. The third-order valence-corrected chi connectivity index (χ3v) is 6.91. The summed E-state index contributed by atoms with van der Waals surface area (Å²) in [6.45, 7) is 0.221. The second-order valence-corrected chi connectivity index (χ2v) is 10.2. The molecule has 0 atom stereocenters. The highest BCUT2D eigenvalue weighted by atomic mass is 79.9. The quantitative estimate of drug-likeness (QED) is 0.220. The maximum absolute atomic E-state index is 13.3. The molecule has 0 bridgehead atoms. The number of anilines is 1. The minimum absolute atomic E-state index is 0.221. The Bertz CT molecular complexity index is 1510. The zero-order valence-electron chi connectivity index (χ0n) is 19.7. The number of hydrogen-bond acceptors (Lipinski definition) is 5. The normalized spacial score (nSPS) is 15.0. The lowest BCUT2D eigenvalue weighted by Gasteiger charge is -2.27. The van der Waals surface area contributed by atoms with Gasteiger partial charge in [0.2, 0.25) is 0 Å². The van der Waals surface area contributed by atoms with Crippen molar-refractivity contribution in [3.8, 4) is 11.5 Å². The summed E-state index contributed by atoms with van der Waals surface area (Å²) in [6, 6.07) is 11.5. The zero-order chi connectivity index (χ0) is 28.5. The molecular weight excluding hydrogens is 673 g/mol. The first kappa shape index (κ1) is 28.7. The number of barbiturate groups is 1. The number of nitrogens with one attached hydrogen (secondary N) is 1. The van der Waals surface area contributed by atoms with E-state index < -0.39 is 40.8 Å². The van der Waals surface area contributed by atoms with Crippen molar-refractivity contribution >= 4 is 73.1 Å². The van der Waals surface area contributed by atoms with Crippen LogP contribution in [0.3, 0.4) is 0 Å². The van der Waals surface area contributed by atoms with Crippen molar-refractivity contribution < 1.29 is 37.0 Å². The van der Waals surface area contributed by atoms with Crippen molar-refractivity contribution in [3.05, 3.63) is 90.8 Å². The topological polar surface area (TPSA) is 84.9 Å². The van der Waals surface area contributed by atoms with E-state index in [1.54, 1.807) is 6.07 Å². The van der Waals surface area contributed by atoms with Crippen LogP contribution in [0.1, 0.15) is 16.7 Å². The van der Waals surface area contributed by atoms with Gasteiger partial charge in [-0.3, -0.25) is 14.9 Å². The van der Waals surface area contributed by atoms with E-state index in [1.807, 2.05) is 29.6 Å². The maximum atomic E-state index is 13.3. The van der Waals surface area contributed by atoms with Gasteiger partial charge in [-0.25, -0.2) is 9.69 Å². The van der Waals surface area contributed by atoms with Crippen LogP contribution in [0, 0.1) is 0 Å². The number of urea groups is 1. The third-order valence-electron chi connectivity index (χ3n) is 5.48. The van der Waals surface area contributed by atoms with Gasteiger partial charge in [-0.05, 0) is 75.6 Å². The number of halogens is 6. The molecular formula is C26H16Br2ClF3N2O5. The number of amides is 4. The summed E-state index contributed by atoms with van der Waals surface area (Å²) in [7, 11) is 1.40. The average Bonchev–Trinajstić information content (AvgIpc) is 2.87. The zero-order valence-corrected chi connectivity index (χ0v) is 23.7. The van der Waals surface area contributed by atoms with Gasteiger partial charge in [-0.15, -0.1) is 0 Å². The van der Waals surface area contributed by atoms with E-state index in [2.05, 4.69) is 31.9 Å². The Kier molecular flexibility index (Phi) is 8.38. The molecule has 3 aromatic rings. The Balaban J connectivity index is 1.67. The van der Waals surface area contributed by atoms with Crippen molar-refractivity contribution in [3.63, 3.8) is 0 Å². The number of carbonyl (C=O) groups is 3. The number of nitrogens with zero attached hydrogens (tertiary/aromatic N) is 1. The number of hydrogen-bond donors (Lipinski definition) is 1. The van der Waals surface area contributed by atoms with Gasteiger partial charge >= 0.3 is 12.2 Å². The smallest absolute Gasteiger partial charge is 0.416 e. The molecule has 0 spiro atoms. The average molecular weight is 689 g/mol. The fraction of sp³-hybridized carbons (Fsp3) is 0.115. The summed E-state index contributed by atoms with van der Waals surface area (Å²) < 4.78 is 52.4. The highest BCUT2D eigenvalue weighted by molar-refractivity contribution is 9.10. The first-order chi connectivity index (χ1) is 18.4. The summed E-state index contributed by atoms with van der Waals surface area (Å²) in [4.78, 5) is 38.7. The lowest BCUT2D eigenvalue weighted by atomic mass is 10.1. The molecule has 1 heterocycles. The van der Waals surface area contributed by atoms with Crippen LogP contribution in [0.4, 0.5) is 23.7 Å². The summed E-state index contributed by atoms with van der Waals surface area (Å²) in [5, 5.41) is 1.66. The van der Waals surface area contributed by atoms with E-state index in [0.717, 1.165) is 16.1 Å². The molecule has 13 heteroatoms. The SMILES string of the molecule is COc1cc(/C=C2\C(=O)NC(=O)N(c3cc(C(F)(F)F)ccc3Cl)C2=O)cc(Br)c1OCc1ccc(Br)cc1. The van der Waals surface area contributed by atoms with Crippen molar-refractivity contribution in [1.82, 2.24) is 5.32 Å². The second-order valence-electron chi connectivity index (χ2n) is 8.07. The molecule has 4 rings (SSSR count). The first-order valence-electron chi connectivity index (χ1n) is 10.9. The van der Waals surface area contributed by atoms with E-state index in [4.69, 9.17) is 21.1 Å². The number of benzene rings is 3. The van der Waals surface area contributed by atoms with E-state index in [9.17, 15) is 27.6 Å². The van der Waals surface area contributed by atoms with Crippen molar-refractivity contribution in [2.24, 2.45) is 0 Å². The molecule has 1 fully saturated rings. The molecule has 39 heavy (non-hydrogen) atoms. The molecule has 0 unspecified atom stereocenters. The molecule has 1 aliphatic heterocycles. The largest absolute Gasteiger partial charge is 0.493 e. The Labute approximate surface area is 241 Å². The van der Waals surface area contributed by atoms with Gasteiger partial charge in [0, 0.05) is 4.47 Å². The predicted molar refractivity (Wildman–Crippen MR) is 145 cm³/mol. The van der Waals surface area contributed by atoms with Gasteiger partial charge in [0.1, 0.15) is 12.2 Å². The fourth-order valence-electron chi connectivity index (χ4n) is 3.60. The van der Waals surface area contributed by atoms with Crippen LogP contribution in [-0.2, 0) is 22.4 Å². The molecule has 7 nitrogen and oxygen atoms in total. The number of alkyl halides is 3. The number of ether oxygens (including phenoxy) is 2. The van der Waals surface area contributed by atoms with Gasteiger partial charge in [-0.1, -0.05) is 39.7 Å². The molecule has 1 N–H and O–H groups in total. The molecule has 0 aromatic heterocycles. The summed E-state index contributed by atoms with van der Waals surface area (Å²) in [6.07, 6.45) is -3.59. The number of imide groups is 2. The summed E-state index contributed by atoms with van der Waals surface area (Å²) in [5.41, 5.74) is -0.973. The van der Waals surface area contributed by atoms with E-state index in [0.29, 0.717) is 32.8 Å². The number of rotatable bonds is 6. The predicted octanol–water partition coefficient (Wildman–Crippen LogP) is 7.14. The summed E-state index contributed by atoms with van der Waals surface area (Å²) in [5.74, 6) is -1.56. The molecule has 3 aromatic carbocycles. The third kappa shape index (κ3) is 6.29. The maximum Gasteiger partial charge on any atom is 0.416 e. The number of carbonyl (C=O) groups excluding carboxylic acids is 3. The Morgan fingerprint density at radius 1 is 1.03 bits per heavy atom. The van der Waals surface area contributed by atoms with E-state index in [-0.39, 0.29) is 17.4 Å². The highest BCUT2D eigenvalue weighted by Gasteiger charge is 2.39. The molecule has 1 saturated heterocycles. The van der Waals surface area contributed by atoms with Crippen molar-refractivity contribution in [1.29, 1.82) is 0 Å². The van der Waals surface area contributed by atoms with Gasteiger partial charge in [0.05, 0.1) is 27.9 Å². The van der Waals surface area contributed by atoms with Gasteiger partial charge in [0.25, 0.3) is 11.8 Å². The van der Waals surface area contributed by atoms with Gasteiger partial charge in [0.15, 0.2) is 11.5 Å².